The molecule has 0 heterocycles. The molecular formula is C17H26N2O2. The van der Waals surface area contributed by atoms with Gasteiger partial charge in [-0.2, -0.15) is 0 Å². The van der Waals surface area contributed by atoms with Crippen LogP contribution in [0.5, 0.6) is 0 Å². The van der Waals surface area contributed by atoms with E-state index in [1.165, 1.54) is 12.8 Å². The van der Waals surface area contributed by atoms with Gasteiger partial charge in [0.25, 0.3) is 0 Å². The lowest BCUT2D eigenvalue weighted by molar-refractivity contribution is -0.117. The highest BCUT2D eigenvalue weighted by Gasteiger charge is 2.19. The van der Waals surface area contributed by atoms with Crippen molar-refractivity contribution < 1.29 is 9.53 Å². The molecule has 3 N–H and O–H groups in total. The maximum atomic E-state index is 12.0. The smallest absolute Gasteiger partial charge is 0.226 e. The molecule has 21 heavy (non-hydrogen) atoms. The van der Waals surface area contributed by atoms with Crippen LogP contribution in [0.3, 0.4) is 0 Å². The van der Waals surface area contributed by atoms with Gasteiger partial charge in [-0.05, 0) is 43.4 Å². The minimum Gasteiger partial charge on any atom is -0.399 e. The van der Waals surface area contributed by atoms with Crippen molar-refractivity contribution in [3.63, 3.8) is 0 Å². The number of hydrogen-bond acceptors (Lipinski definition) is 3. The van der Waals surface area contributed by atoms with Gasteiger partial charge < -0.3 is 15.8 Å². The summed E-state index contributed by atoms with van der Waals surface area (Å²) in [4.78, 5) is 12.0. The Morgan fingerprint density at radius 1 is 1.43 bits per heavy atom. The number of aryl methyl sites for hydroxylation is 1. The first-order chi connectivity index (χ1) is 10.0. The number of nitrogens with two attached hydrogens (primary N) is 1. The summed E-state index contributed by atoms with van der Waals surface area (Å²) in [7, 11) is 0. The molecule has 1 aliphatic carbocycles. The van der Waals surface area contributed by atoms with Crippen molar-refractivity contribution >= 4 is 17.3 Å². The lowest BCUT2D eigenvalue weighted by Gasteiger charge is -2.26. The average Bonchev–Trinajstić information content (AvgIpc) is 2.43. The van der Waals surface area contributed by atoms with Crippen molar-refractivity contribution in [3.05, 3.63) is 23.8 Å². The van der Waals surface area contributed by atoms with Gasteiger partial charge in [0.2, 0.25) is 5.91 Å². The van der Waals surface area contributed by atoms with E-state index in [2.05, 4.69) is 12.2 Å². The molecule has 0 saturated heterocycles. The maximum absolute atomic E-state index is 12.0. The third kappa shape index (κ3) is 5.05. The van der Waals surface area contributed by atoms with E-state index >= 15 is 0 Å². The average molecular weight is 290 g/mol. The quantitative estimate of drug-likeness (QED) is 0.816. The van der Waals surface area contributed by atoms with Crippen molar-refractivity contribution in [2.45, 2.75) is 52.1 Å². The highest BCUT2D eigenvalue weighted by Crippen LogP contribution is 2.25. The van der Waals surface area contributed by atoms with Crippen LogP contribution in [0.4, 0.5) is 11.4 Å². The molecule has 0 aromatic heterocycles. The first-order valence-electron chi connectivity index (χ1n) is 7.82. The largest absolute Gasteiger partial charge is 0.399 e. The molecule has 1 saturated carbocycles. The minimum atomic E-state index is -0.0208. The molecule has 116 valence electrons. The van der Waals surface area contributed by atoms with Crippen LogP contribution in [0.2, 0.25) is 0 Å². The highest BCUT2D eigenvalue weighted by molar-refractivity contribution is 5.92. The van der Waals surface area contributed by atoms with E-state index in [0.29, 0.717) is 24.8 Å². The van der Waals surface area contributed by atoms with Gasteiger partial charge in [-0.3, -0.25) is 4.79 Å². The number of carbonyl (C=O) groups is 1. The molecule has 0 bridgehead atoms. The van der Waals surface area contributed by atoms with Gasteiger partial charge in [-0.25, -0.2) is 0 Å². The second-order valence-corrected chi connectivity index (χ2v) is 6.14. The lowest BCUT2D eigenvalue weighted by atomic mass is 9.89. The molecule has 0 aliphatic heterocycles. The van der Waals surface area contributed by atoms with Gasteiger partial charge in [-0.1, -0.05) is 25.8 Å². The summed E-state index contributed by atoms with van der Waals surface area (Å²) in [5.74, 6) is 0.722. The second-order valence-electron chi connectivity index (χ2n) is 6.14. The molecule has 1 amide bonds. The minimum absolute atomic E-state index is 0.0208. The number of ether oxygens (including phenoxy) is 1. The predicted molar refractivity (Wildman–Crippen MR) is 86.2 cm³/mol. The zero-order valence-electron chi connectivity index (χ0n) is 13.0. The van der Waals surface area contributed by atoms with Crippen molar-refractivity contribution in [1.82, 2.24) is 0 Å². The Balaban J connectivity index is 1.73. The van der Waals surface area contributed by atoms with Gasteiger partial charge in [-0.15, -0.1) is 0 Å². The summed E-state index contributed by atoms with van der Waals surface area (Å²) in [6, 6.07) is 5.53. The van der Waals surface area contributed by atoms with Crippen LogP contribution in [0.1, 0.15) is 44.6 Å². The molecule has 2 atom stereocenters. The van der Waals surface area contributed by atoms with Crippen LogP contribution >= 0.6 is 0 Å². The van der Waals surface area contributed by atoms with E-state index in [4.69, 9.17) is 10.5 Å². The van der Waals surface area contributed by atoms with Crippen LogP contribution in [-0.4, -0.2) is 18.6 Å². The summed E-state index contributed by atoms with van der Waals surface area (Å²) < 4.78 is 5.83. The number of nitrogen functional groups attached to an aromatic ring is 1. The summed E-state index contributed by atoms with van der Waals surface area (Å²) in [5, 5.41) is 2.90. The number of hydrogen-bond donors (Lipinski definition) is 2. The van der Waals surface area contributed by atoms with Crippen molar-refractivity contribution in [2.75, 3.05) is 17.7 Å². The van der Waals surface area contributed by atoms with Crippen LogP contribution < -0.4 is 11.1 Å². The molecule has 2 unspecified atom stereocenters. The number of amides is 1. The van der Waals surface area contributed by atoms with E-state index in [1.54, 1.807) is 6.07 Å². The Labute approximate surface area is 127 Å². The van der Waals surface area contributed by atoms with Crippen LogP contribution in [0, 0.1) is 12.8 Å². The Kier molecular flexibility index (Phi) is 5.62. The summed E-state index contributed by atoms with van der Waals surface area (Å²) in [6.45, 7) is 4.71. The second kappa shape index (κ2) is 7.46. The van der Waals surface area contributed by atoms with Crippen LogP contribution in [-0.2, 0) is 9.53 Å². The van der Waals surface area contributed by atoms with E-state index in [9.17, 15) is 4.79 Å². The van der Waals surface area contributed by atoms with E-state index in [1.807, 2.05) is 19.1 Å². The number of carbonyl (C=O) groups excluding carboxylic acids is 1. The third-order valence-electron chi connectivity index (χ3n) is 4.11. The first kappa shape index (κ1) is 15.8. The van der Waals surface area contributed by atoms with Gasteiger partial charge >= 0.3 is 0 Å². The number of anilines is 2. The van der Waals surface area contributed by atoms with Crippen molar-refractivity contribution in [3.8, 4) is 0 Å². The Morgan fingerprint density at radius 2 is 2.24 bits per heavy atom. The van der Waals surface area contributed by atoms with E-state index < -0.39 is 0 Å². The van der Waals surface area contributed by atoms with Gasteiger partial charge in [0.1, 0.15) is 0 Å². The van der Waals surface area contributed by atoms with Gasteiger partial charge in [0.15, 0.2) is 0 Å². The van der Waals surface area contributed by atoms with E-state index in [-0.39, 0.29) is 5.91 Å². The first-order valence-corrected chi connectivity index (χ1v) is 7.82. The Bertz CT molecular complexity index is 488. The van der Waals surface area contributed by atoms with Crippen LogP contribution in [0.15, 0.2) is 18.2 Å². The molecule has 0 spiro atoms. The fraction of sp³-hybridized carbons (Fsp3) is 0.588. The number of benzene rings is 1. The van der Waals surface area contributed by atoms with Gasteiger partial charge in [0.05, 0.1) is 19.1 Å². The Hall–Kier alpha value is -1.55. The van der Waals surface area contributed by atoms with Crippen LogP contribution in [0.25, 0.3) is 0 Å². The fourth-order valence-electron chi connectivity index (χ4n) is 2.84. The standard InChI is InChI=1S/C17H26N2O2/c1-12-4-3-5-15(10-12)21-9-8-17(20)19-16-11-14(18)7-6-13(16)2/h6-7,11-12,15H,3-5,8-10,18H2,1-2H3,(H,19,20). The molecule has 1 aromatic rings. The molecule has 1 aromatic carbocycles. The molecule has 1 aliphatic rings. The Morgan fingerprint density at radius 3 is 3.00 bits per heavy atom. The summed E-state index contributed by atoms with van der Waals surface area (Å²) in [6.07, 6.45) is 5.50. The molecule has 2 rings (SSSR count). The highest BCUT2D eigenvalue weighted by atomic mass is 16.5. The van der Waals surface area contributed by atoms with Crippen molar-refractivity contribution in [2.24, 2.45) is 5.92 Å². The monoisotopic (exact) mass is 290 g/mol. The number of nitrogens with one attached hydrogen (secondary N) is 1. The van der Waals surface area contributed by atoms with Gasteiger partial charge in [0, 0.05) is 11.4 Å². The molecule has 0 radical (unpaired) electrons. The fourth-order valence-corrected chi connectivity index (χ4v) is 2.84. The van der Waals surface area contributed by atoms with Crippen molar-refractivity contribution in [1.29, 1.82) is 0 Å². The topological polar surface area (TPSA) is 64.3 Å². The molecular weight excluding hydrogens is 264 g/mol. The molecule has 4 nitrogen and oxygen atoms in total. The van der Waals surface area contributed by atoms with E-state index in [0.717, 1.165) is 30.0 Å². The zero-order valence-corrected chi connectivity index (χ0v) is 13.0. The SMILES string of the molecule is Cc1ccc(N)cc1NC(=O)CCOC1CCCC(C)C1. The molecule has 1 fully saturated rings. The normalized spacial score (nSPS) is 22.0. The number of rotatable bonds is 5. The zero-order chi connectivity index (χ0) is 15.2. The lowest BCUT2D eigenvalue weighted by Crippen LogP contribution is -2.23. The predicted octanol–water partition coefficient (Wildman–Crippen LogP) is 3.50. The molecule has 4 heteroatoms. The summed E-state index contributed by atoms with van der Waals surface area (Å²) >= 11 is 0. The summed E-state index contributed by atoms with van der Waals surface area (Å²) in [5.41, 5.74) is 8.19. The maximum Gasteiger partial charge on any atom is 0.226 e. The third-order valence-corrected chi connectivity index (χ3v) is 4.11.